The van der Waals surface area contributed by atoms with E-state index < -0.39 is 0 Å². The van der Waals surface area contributed by atoms with E-state index in [1.54, 1.807) is 38.6 Å². The number of benzene rings is 1. The molecule has 33 heavy (non-hydrogen) atoms. The smallest absolute Gasteiger partial charge is 0.251 e. The van der Waals surface area contributed by atoms with E-state index in [0.29, 0.717) is 23.6 Å². The molecule has 9 heteroatoms. The van der Waals surface area contributed by atoms with Crippen molar-refractivity contribution in [1.82, 2.24) is 24.8 Å². The highest BCUT2D eigenvalue weighted by molar-refractivity contribution is 7.59. The second-order valence-corrected chi connectivity index (χ2v) is 7.62. The first-order valence-corrected chi connectivity index (χ1v) is 10.3. The number of hydrogen-bond acceptors (Lipinski definition) is 6. The fraction of sp³-hybridized carbons (Fsp3) is 0.208. The lowest BCUT2D eigenvalue weighted by molar-refractivity contribution is 0.0964. The first-order chi connectivity index (χ1) is 15.5. The van der Waals surface area contributed by atoms with Crippen molar-refractivity contribution in [2.45, 2.75) is 12.8 Å². The van der Waals surface area contributed by atoms with Crippen LogP contribution in [0.4, 0.5) is 5.82 Å². The van der Waals surface area contributed by atoms with Crippen molar-refractivity contribution in [2.75, 3.05) is 18.9 Å². The molecule has 0 unspecified atom stereocenters. The maximum Gasteiger partial charge on any atom is 0.251 e. The van der Waals surface area contributed by atoms with E-state index in [0.717, 1.165) is 22.0 Å². The molecule has 0 fully saturated rings. The summed E-state index contributed by atoms with van der Waals surface area (Å²) in [5, 5.41) is 6.86. The van der Waals surface area contributed by atoms with Crippen molar-refractivity contribution in [3.8, 4) is 11.3 Å². The highest BCUT2D eigenvalue weighted by Crippen LogP contribution is 2.27. The van der Waals surface area contributed by atoms with Crippen LogP contribution in [0.1, 0.15) is 28.8 Å². The van der Waals surface area contributed by atoms with Gasteiger partial charge in [-0.05, 0) is 17.7 Å². The van der Waals surface area contributed by atoms with Crippen molar-refractivity contribution < 1.29 is 4.79 Å². The fourth-order valence-corrected chi connectivity index (χ4v) is 3.62. The van der Waals surface area contributed by atoms with Crippen molar-refractivity contribution in [1.29, 1.82) is 0 Å². The molecule has 0 saturated heterocycles. The van der Waals surface area contributed by atoms with Gasteiger partial charge in [-0.15, -0.1) is 0 Å². The van der Waals surface area contributed by atoms with Gasteiger partial charge in [0, 0.05) is 62.0 Å². The van der Waals surface area contributed by atoms with Crippen molar-refractivity contribution >= 4 is 36.1 Å². The summed E-state index contributed by atoms with van der Waals surface area (Å²) in [6.07, 6.45) is 4.86. The van der Waals surface area contributed by atoms with E-state index in [1.807, 2.05) is 30.3 Å². The zero-order chi connectivity index (χ0) is 22.7. The summed E-state index contributed by atoms with van der Waals surface area (Å²) in [6, 6.07) is 12.8. The average Bonchev–Trinajstić information content (AvgIpc) is 2.83. The van der Waals surface area contributed by atoms with E-state index >= 15 is 0 Å². The summed E-state index contributed by atoms with van der Waals surface area (Å²) in [5.41, 5.74) is 3.78. The first kappa shape index (κ1) is 23.9. The Kier molecular flexibility index (Phi) is 7.44. The van der Waals surface area contributed by atoms with Gasteiger partial charge in [-0.1, -0.05) is 25.1 Å². The Morgan fingerprint density at radius 1 is 1.12 bits per heavy atom. The predicted molar refractivity (Wildman–Crippen MR) is 135 cm³/mol. The van der Waals surface area contributed by atoms with E-state index in [2.05, 4.69) is 32.5 Å². The van der Waals surface area contributed by atoms with Crippen LogP contribution in [0.25, 0.3) is 22.2 Å². The Bertz CT molecular complexity index is 1350. The lowest BCUT2D eigenvalue weighted by atomic mass is 9.96. The molecule has 0 bridgehead atoms. The standard InChI is InChI=1S/C24H24N6O2.H2S/c1-15(17-5-4-6-18-19(24(32)25-2)7-9-26-23(17)18)13-27-21-12-20(28-14-29-21)16-8-10-30(3)22(31)11-16;/h4-12,14-15H,13H2,1-3H3,(H,25,32)(H,27,28,29);1H2/t15-;/m1./s1. The molecule has 0 saturated carbocycles. The van der Waals surface area contributed by atoms with E-state index in [9.17, 15) is 9.59 Å². The fourth-order valence-electron chi connectivity index (χ4n) is 3.62. The Morgan fingerprint density at radius 3 is 2.70 bits per heavy atom. The molecule has 4 aromatic rings. The third-order valence-electron chi connectivity index (χ3n) is 5.46. The molecule has 0 aliphatic carbocycles. The van der Waals surface area contributed by atoms with Gasteiger partial charge in [0.25, 0.3) is 11.5 Å². The number of carbonyl (C=O) groups excluding carboxylic acids is 1. The summed E-state index contributed by atoms with van der Waals surface area (Å²) < 4.78 is 1.51. The molecule has 170 valence electrons. The van der Waals surface area contributed by atoms with Crippen LogP contribution in [0.2, 0.25) is 0 Å². The summed E-state index contributed by atoms with van der Waals surface area (Å²) in [7, 11) is 3.33. The van der Waals surface area contributed by atoms with E-state index in [-0.39, 0.29) is 30.9 Å². The number of aromatic nitrogens is 4. The van der Waals surface area contributed by atoms with Gasteiger partial charge in [0.1, 0.15) is 12.1 Å². The molecule has 1 amide bonds. The highest BCUT2D eigenvalue weighted by atomic mass is 32.1. The van der Waals surface area contributed by atoms with Crippen LogP contribution >= 0.6 is 13.5 Å². The minimum Gasteiger partial charge on any atom is -0.369 e. The number of fused-ring (bicyclic) bond motifs is 1. The Labute approximate surface area is 198 Å². The van der Waals surface area contributed by atoms with Gasteiger partial charge in [-0.25, -0.2) is 9.97 Å². The normalized spacial score (nSPS) is 11.5. The molecule has 2 N–H and O–H groups in total. The monoisotopic (exact) mass is 462 g/mol. The number of carbonyl (C=O) groups is 1. The van der Waals surface area contributed by atoms with Crippen molar-refractivity contribution in [3.63, 3.8) is 0 Å². The molecule has 8 nitrogen and oxygen atoms in total. The number of nitrogens with one attached hydrogen (secondary N) is 2. The topological polar surface area (TPSA) is 102 Å². The number of nitrogens with zero attached hydrogens (tertiary/aromatic N) is 4. The Morgan fingerprint density at radius 2 is 1.94 bits per heavy atom. The summed E-state index contributed by atoms with van der Waals surface area (Å²) in [4.78, 5) is 37.3. The Hall–Kier alpha value is -3.72. The number of pyridine rings is 2. The number of amides is 1. The summed E-state index contributed by atoms with van der Waals surface area (Å²) >= 11 is 0. The van der Waals surface area contributed by atoms with E-state index in [4.69, 9.17) is 0 Å². The maximum absolute atomic E-state index is 12.2. The number of para-hydroxylation sites is 1. The van der Waals surface area contributed by atoms with Gasteiger partial charge in [-0.3, -0.25) is 14.6 Å². The van der Waals surface area contributed by atoms with Gasteiger partial charge in [-0.2, -0.15) is 13.5 Å². The highest BCUT2D eigenvalue weighted by Gasteiger charge is 2.15. The third-order valence-corrected chi connectivity index (χ3v) is 5.46. The number of rotatable bonds is 6. The van der Waals surface area contributed by atoms with Crippen molar-refractivity contribution in [2.24, 2.45) is 7.05 Å². The van der Waals surface area contributed by atoms with Gasteiger partial charge in [0.05, 0.1) is 16.8 Å². The third kappa shape index (κ3) is 5.04. The first-order valence-electron chi connectivity index (χ1n) is 10.3. The lowest BCUT2D eigenvalue weighted by Crippen LogP contribution is -2.18. The average molecular weight is 463 g/mol. The van der Waals surface area contributed by atoms with Gasteiger partial charge in [0.15, 0.2) is 0 Å². The molecule has 3 aromatic heterocycles. The lowest BCUT2D eigenvalue weighted by Gasteiger charge is -2.16. The van der Waals surface area contributed by atoms with Gasteiger partial charge >= 0.3 is 0 Å². The second kappa shape index (κ2) is 10.3. The molecule has 3 heterocycles. The molecule has 0 aliphatic rings. The zero-order valence-electron chi connectivity index (χ0n) is 18.7. The largest absolute Gasteiger partial charge is 0.369 e. The van der Waals surface area contributed by atoms with Gasteiger partial charge in [0.2, 0.25) is 0 Å². The van der Waals surface area contributed by atoms with Crippen LogP contribution in [-0.4, -0.2) is 39.0 Å². The quantitative estimate of drug-likeness (QED) is 0.457. The number of anilines is 1. The SMILES string of the molecule is CNC(=O)c1ccnc2c([C@H](C)CNc3cc(-c4ccn(C)c(=O)c4)ncn3)cccc12.S. The van der Waals surface area contributed by atoms with Crippen LogP contribution in [-0.2, 0) is 7.05 Å². The molecule has 4 rings (SSSR count). The molecule has 1 aromatic carbocycles. The minimum atomic E-state index is -0.135. The van der Waals surface area contributed by atoms with Gasteiger partial charge < -0.3 is 15.2 Å². The second-order valence-electron chi connectivity index (χ2n) is 7.62. The zero-order valence-corrected chi connectivity index (χ0v) is 19.7. The van der Waals surface area contributed by atoms with Crippen LogP contribution in [0, 0.1) is 0 Å². The Balaban J connectivity index is 0.00000306. The molecular weight excluding hydrogens is 436 g/mol. The summed E-state index contributed by atoms with van der Waals surface area (Å²) in [6.45, 7) is 2.71. The van der Waals surface area contributed by atoms with Crippen LogP contribution in [0.5, 0.6) is 0 Å². The molecule has 1 atom stereocenters. The van der Waals surface area contributed by atoms with Crippen LogP contribution in [0.15, 0.2) is 66.0 Å². The minimum absolute atomic E-state index is 0. The van der Waals surface area contributed by atoms with Crippen LogP contribution in [0.3, 0.4) is 0 Å². The van der Waals surface area contributed by atoms with Crippen molar-refractivity contribution in [3.05, 3.63) is 82.7 Å². The van der Waals surface area contributed by atoms with Crippen LogP contribution < -0.4 is 16.2 Å². The molecule has 0 radical (unpaired) electrons. The summed E-state index contributed by atoms with van der Waals surface area (Å²) in [5.74, 6) is 0.639. The predicted octanol–water partition coefficient (Wildman–Crippen LogP) is 3.08. The number of aryl methyl sites for hydroxylation is 1. The molecule has 0 spiro atoms. The van der Waals surface area contributed by atoms with E-state index in [1.165, 1.54) is 10.9 Å². The molecular formula is C24H26N6O2S. The number of hydrogen-bond donors (Lipinski definition) is 2. The molecule has 0 aliphatic heterocycles. The maximum atomic E-state index is 12.2.